The topological polar surface area (TPSA) is 38.3 Å². The van der Waals surface area contributed by atoms with Crippen LogP contribution < -0.4 is 10.1 Å². The Kier molecular flexibility index (Phi) is 5.48. The summed E-state index contributed by atoms with van der Waals surface area (Å²) < 4.78 is 5.41. The minimum absolute atomic E-state index is 0.141. The zero-order chi connectivity index (χ0) is 20.2. The minimum Gasteiger partial charge on any atom is -0.496 e. The van der Waals surface area contributed by atoms with E-state index in [0.717, 1.165) is 24.1 Å². The normalized spacial score (nSPS) is 14.9. The predicted octanol–water partition coefficient (Wildman–Crippen LogP) is 6.06. The third-order valence-corrected chi connectivity index (χ3v) is 5.55. The highest BCUT2D eigenvalue weighted by Gasteiger charge is 2.19. The van der Waals surface area contributed by atoms with E-state index >= 15 is 0 Å². The summed E-state index contributed by atoms with van der Waals surface area (Å²) in [6.07, 6.45) is 6.19. The molecule has 1 aliphatic rings. The van der Waals surface area contributed by atoms with E-state index in [-0.39, 0.29) is 5.91 Å². The maximum absolute atomic E-state index is 12.9. The van der Waals surface area contributed by atoms with Gasteiger partial charge in [-0.15, -0.1) is 0 Å². The molecule has 3 nitrogen and oxygen atoms in total. The number of methoxy groups -OCH3 is 1. The smallest absolute Gasteiger partial charge is 0.259 e. The highest BCUT2D eigenvalue weighted by Crippen LogP contribution is 2.35. The molecule has 0 saturated heterocycles. The van der Waals surface area contributed by atoms with Crippen LogP contribution in [0.15, 0.2) is 72.8 Å². The highest BCUT2D eigenvalue weighted by molar-refractivity contribution is 6.07. The average molecular weight is 383 g/mol. The number of hydrogen-bond donors (Lipinski definition) is 1. The number of carbonyl (C=O) groups is 1. The summed E-state index contributed by atoms with van der Waals surface area (Å²) in [5.41, 5.74) is 6.26. The Balaban J connectivity index is 1.56. The third kappa shape index (κ3) is 3.81. The number of ether oxygens (including phenoxy) is 1. The van der Waals surface area contributed by atoms with Crippen molar-refractivity contribution in [3.05, 3.63) is 101 Å². The first-order valence-electron chi connectivity index (χ1n) is 10.0. The summed E-state index contributed by atoms with van der Waals surface area (Å²) in [4.78, 5) is 12.9. The summed E-state index contributed by atoms with van der Waals surface area (Å²) in [6.45, 7) is 2.04. The van der Waals surface area contributed by atoms with E-state index in [1.165, 1.54) is 16.7 Å². The second-order valence-electron chi connectivity index (χ2n) is 7.24. The van der Waals surface area contributed by atoms with E-state index in [2.05, 4.69) is 53.9 Å². The van der Waals surface area contributed by atoms with Crippen molar-refractivity contribution in [2.75, 3.05) is 12.4 Å². The number of amides is 1. The summed E-state index contributed by atoms with van der Waals surface area (Å²) >= 11 is 0. The molecule has 3 aromatic carbocycles. The lowest BCUT2D eigenvalue weighted by Gasteiger charge is -2.22. The summed E-state index contributed by atoms with van der Waals surface area (Å²) in [5.74, 6) is 0.809. The second-order valence-corrected chi connectivity index (χ2v) is 7.24. The molecule has 0 heterocycles. The standard InChI is InChI=1S/C26H25NO2/c1-3-18-9-7-13-24(29-2)25(18)26(28)27-21-16-14-20(15-17-21)23-12-6-10-19-8-4-5-11-22(19)23/h4-11,13-17,23H,3,12H2,1-2H3,(H,27,28). The van der Waals surface area contributed by atoms with Gasteiger partial charge in [-0.3, -0.25) is 4.79 Å². The fraction of sp³-hybridized carbons (Fsp3) is 0.192. The third-order valence-electron chi connectivity index (χ3n) is 5.55. The molecule has 0 saturated carbocycles. The average Bonchev–Trinajstić information content (AvgIpc) is 2.78. The number of rotatable bonds is 5. The van der Waals surface area contributed by atoms with Crippen LogP contribution in [0.1, 0.15) is 51.9 Å². The first-order chi connectivity index (χ1) is 14.2. The van der Waals surface area contributed by atoms with E-state index in [1.54, 1.807) is 7.11 Å². The maximum Gasteiger partial charge on any atom is 0.259 e. The zero-order valence-electron chi connectivity index (χ0n) is 16.8. The molecule has 1 N–H and O–H groups in total. The number of aryl methyl sites for hydroxylation is 1. The lowest BCUT2D eigenvalue weighted by molar-refractivity contribution is 0.102. The van der Waals surface area contributed by atoms with E-state index in [4.69, 9.17) is 4.74 Å². The van der Waals surface area contributed by atoms with Crippen LogP contribution in [0.5, 0.6) is 5.75 Å². The lowest BCUT2D eigenvalue weighted by Crippen LogP contribution is -2.15. The number of benzene rings is 3. The molecule has 3 aromatic rings. The molecule has 0 aromatic heterocycles. The molecule has 4 rings (SSSR count). The molecule has 0 aliphatic heterocycles. The number of allylic oxidation sites excluding steroid dienone is 1. The number of anilines is 1. The van der Waals surface area contributed by atoms with Gasteiger partial charge in [0.25, 0.3) is 5.91 Å². The van der Waals surface area contributed by atoms with Crippen molar-refractivity contribution in [2.24, 2.45) is 0 Å². The van der Waals surface area contributed by atoms with Gasteiger partial charge in [-0.2, -0.15) is 0 Å². The van der Waals surface area contributed by atoms with E-state index in [9.17, 15) is 4.79 Å². The summed E-state index contributed by atoms with van der Waals surface area (Å²) in [5, 5.41) is 3.02. The van der Waals surface area contributed by atoms with Gasteiger partial charge in [-0.05, 0) is 53.3 Å². The molecular weight excluding hydrogens is 358 g/mol. The molecule has 0 bridgehead atoms. The largest absolute Gasteiger partial charge is 0.496 e. The zero-order valence-corrected chi connectivity index (χ0v) is 16.8. The van der Waals surface area contributed by atoms with Gasteiger partial charge in [0.15, 0.2) is 0 Å². The van der Waals surface area contributed by atoms with Crippen LogP contribution in [0, 0.1) is 0 Å². The van der Waals surface area contributed by atoms with E-state index in [0.29, 0.717) is 17.2 Å². The molecule has 146 valence electrons. The second kappa shape index (κ2) is 8.36. The minimum atomic E-state index is -0.141. The number of nitrogens with one attached hydrogen (secondary N) is 1. The Morgan fingerprint density at radius 2 is 1.83 bits per heavy atom. The van der Waals surface area contributed by atoms with Gasteiger partial charge in [0.05, 0.1) is 12.7 Å². The maximum atomic E-state index is 12.9. The molecule has 0 radical (unpaired) electrons. The molecule has 29 heavy (non-hydrogen) atoms. The molecular formula is C26H25NO2. The SMILES string of the molecule is CCc1cccc(OC)c1C(=O)Nc1ccc(C2CC=Cc3ccccc32)cc1. The van der Waals surface area contributed by atoms with E-state index in [1.807, 2.05) is 37.3 Å². The van der Waals surface area contributed by atoms with E-state index < -0.39 is 0 Å². The van der Waals surface area contributed by atoms with Crippen molar-refractivity contribution in [1.82, 2.24) is 0 Å². The van der Waals surface area contributed by atoms with Crippen LogP contribution in [-0.4, -0.2) is 13.0 Å². The number of carbonyl (C=O) groups excluding carboxylic acids is 1. The monoisotopic (exact) mass is 383 g/mol. The van der Waals surface area contributed by atoms with Crippen LogP contribution in [-0.2, 0) is 6.42 Å². The number of hydrogen-bond acceptors (Lipinski definition) is 2. The molecule has 0 spiro atoms. The molecule has 1 atom stereocenters. The lowest BCUT2D eigenvalue weighted by atomic mass is 9.82. The van der Waals surface area contributed by atoms with Crippen LogP contribution in [0.3, 0.4) is 0 Å². The quantitative estimate of drug-likeness (QED) is 0.582. The first kappa shape index (κ1) is 19.0. The van der Waals surface area contributed by atoms with Crippen LogP contribution in [0.25, 0.3) is 6.08 Å². The fourth-order valence-electron chi connectivity index (χ4n) is 4.05. The fourth-order valence-corrected chi connectivity index (χ4v) is 4.05. The van der Waals surface area contributed by atoms with Crippen molar-refractivity contribution in [3.63, 3.8) is 0 Å². The molecule has 3 heteroatoms. The van der Waals surface area contributed by atoms with Crippen molar-refractivity contribution in [2.45, 2.75) is 25.7 Å². The van der Waals surface area contributed by atoms with Crippen molar-refractivity contribution in [3.8, 4) is 5.75 Å². The molecule has 1 unspecified atom stereocenters. The van der Waals surface area contributed by atoms with Gasteiger partial charge in [-0.1, -0.05) is 67.6 Å². The molecule has 1 amide bonds. The Labute approximate surface area is 172 Å². The van der Waals surface area contributed by atoms with Crippen LogP contribution >= 0.6 is 0 Å². The Hall–Kier alpha value is -3.33. The Morgan fingerprint density at radius 3 is 2.59 bits per heavy atom. The van der Waals surface area contributed by atoms with Gasteiger partial charge >= 0.3 is 0 Å². The summed E-state index contributed by atoms with van der Waals surface area (Å²) in [7, 11) is 1.59. The van der Waals surface area contributed by atoms with Crippen molar-refractivity contribution < 1.29 is 9.53 Å². The first-order valence-corrected chi connectivity index (χ1v) is 10.0. The van der Waals surface area contributed by atoms with Gasteiger partial charge in [0.1, 0.15) is 5.75 Å². The highest BCUT2D eigenvalue weighted by atomic mass is 16.5. The Morgan fingerprint density at radius 1 is 1.03 bits per heavy atom. The number of fused-ring (bicyclic) bond motifs is 1. The van der Waals surface area contributed by atoms with Gasteiger partial charge < -0.3 is 10.1 Å². The molecule has 1 aliphatic carbocycles. The van der Waals surface area contributed by atoms with Gasteiger partial charge in [0.2, 0.25) is 0 Å². The predicted molar refractivity (Wildman–Crippen MR) is 119 cm³/mol. The summed E-state index contributed by atoms with van der Waals surface area (Å²) in [6, 6.07) is 22.4. The van der Waals surface area contributed by atoms with Crippen LogP contribution in [0.4, 0.5) is 5.69 Å². The van der Waals surface area contributed by atoms with Crippen molar-refractivity contribution >= 4 is 17.7 Å². The molecule has 0 fully saturated rings. The van der Waals surface area contributed by atoms with Gasteiger partial charge in [-0.25, -0.2) is 0 Å². The van der Waals surface area contributed by atoms with Crippen molar-refractivity contribution in [1.29, 1.82) is 0 Å². The Bertz CT molecular complexity index is 1030. The van der Waals surface area contributed by atoms with Gasteiger partial charge in [0, 0.05) is 11.6 Å². The van der Waals surface area contributed by atoms with Crippen LogP contribution in [0.2, 0.25) is 0 Å².